The molecule has 0 unspecified atom stereocenters. The molecule has 9 rings (SSSR count). The second-order valence-electron chi connectivity index (χ2n) is 20.5. The van der Waals surface area contributed by atoms with E-state index in [1.54, 1.807) is 0 Å². The van der Waals surface area contributed by atoms with Crippen molar-refractivity contribution in [2.45, 2.75) is 114 Å². The molecule has 0 N–H and O–H groups in total. The van der Waals surface area contributed by atoms with Crippen molar-refractivity contribution < 1.29 is 24.5 Å². The van der Waals surface area contributed by atoms with Gasteiger partial charge in [-0.2, -0.15) is 0 Å². The molecule has 0 atom stereocenters. The minimum absolute atomic E-state index is 0. The van der Waals surface area contributed by atoms with Gasteiger partial charge in [-0.3, -0.25) is 0 Å². The molecule has 0 spiro atoms. The summed E-state index contributed by atoms with van der Waals surface area (Å²) in [5.74, 6) is 0.602. The van der Waals surface area contributed by atoms with Crippen molar-refractivity contribution in [3.8, 4) is 22.5 Å². The van der Waals surface area contributed by atoms with Crippen molar-refractivity contribution in [2.24, 2.45) is 16.2 Å². The zero-order valence-electron chi connectivity index (χ0n) is 37.3. The number of hydrogen-bond acceptors (Lipinski definition) is 3. The largest absolute Gasteiger partial charge is 0.500 e. The van der Waals surface area contributed by atoms with E-state index in [9.17, 15) is 0 Å². The molecule has 1 radical (unpaired) electrons. The van der Waals surface area contributed by atoms with Crippen molar-refractivity contribution >= 4 is 43.5 Å². The van der Waals surface area contributed by atoms with Crippen LogP contribution < -0.4 is 0 Å². The predicted octanol–water partition coefficient (Wildman–Crippen LogP) is 15.8. The fourth-order valence-electron chi connectivity index (χ4n) is 9.10. The van der Waals surface area contributed by atoms with Gasteiger partial charge in [-0.05, 0) is 117 Å². The maximum atomic E-state index is 6.73. The number of pyridine rings is 2. The summed E-state index contributed by atoms with van der Waals surface area (Å²) >= 11 is 0. The molecule has 8 aromatic rings. The number of rotatable bonds is 5. The van der Waals surface area contributed by atoms with Crippen LogP contribution in [0.5, 0.6) is 0 Å². The third-order valence-electron chi connectivity index (χ3n) is 12.3. The molecule has 0 aliphatic heterocycles. The Morgan fingerprint density at radius 2 is 1.35 bits per heavy atom. The predicted molar refractivity (Wildman–Crippen MR) is 250 cm³/mol. The van der Waals surface area contributed by atoms with E-state index in [-0.39, 0.29) is 30.9 Å². The summed E-state index contributed by atoms with van der Waals surface area (Å²) in [7, 11) is 0. The van der Waals surface area contributed by atoms with Gasteiger partial charge in [-0.15, -0.1) is 53.6 Å². The summed E-state index contributed by atoms with van der Waals surface area (Å²) in [5.41, 5.74) is 13.6. The van der Waals surface area contributed by atoms with Crippen LogP contribution in [0.3, 0.4) is 0 Å². The van der Waals surface area contributed by atoms with E-state index in [1.807, 2.05) is 18.3 Å². The Morgan fingerprint density at radius 1 is 0.683 bits per heavy atom. The topological polar surface area (TPSA) is 38.9 Å². The number of aromatic nitrogens is 2. The standard InChI is InChI=1S/C34H30NO.C22H30N.Ir/c1-21-20-35-30(19-29(21)23-15-17-34(2,3)18-16-23)28-10-6-9-26-27-14-13-24-12-11-22-7-4-5-8-25(22)31(24)33(27)36-32(26)28;1-16-8-10-17(11-9-16)20-12-18(13-21(2,3)4)19(15-23-20)14-22(5,6)7;/h4-9,11-14,19-20,23H,15-18H2,1-3H3;8-10,12,15H,13-14H2,1-7H3;/q2*-1;. The maximum absolute atomic E-state index is 6.73. The van der Waals surface area contributed by atoms with Gasteiger partial charge in [-0.25, -0.2) is 0 Å². The summed E-state index contributed by atoms with van der Waals surface area (Å²) in [6.45, 7) is 22.8. The van der Waals surface area contributed by atoms with Crippen molar-refractivity contribution in [3.63, 3.8) is 0 Å². The van der Waals surface area contributed by atoms with Crippen molar-refractivity contribution in [1.29, 1.82) is 0 Å². The van der Waals surface area contributed by atoms with Gasteiger partial charge in [0.1, 0.15) is 5.58 Å². The molecular weight excluding hydrogens is 909 g/mol. The van der Waals surface area contributed by atoms with Crippen molar-refractivity contribution in [1.82, 2.24) is 9.97 Å². The molecule has 1 fully saturated rings. The van der Waals surface area contributed by atoms with Gasteiger partial charge in [0, 0.05) is 43.3 Å². The Labute approximate surface area is 371 Å². The number of hydrogen-bond donors (Lipinski definition) is 0. The van der Waals surface area contributed by atoms with Crippen LogP contribution in [0.15, 0.2) is 108 Å². The van der Waals surface area contributed by atoms with Crippen LogP contribution in [-0.4, -0.2) is 9.97 Å². The Kier molecular flexibility index (Phi) is 12.3. The van der Waals surface area contributed by atoms with Gasteiger partial charge >= 0.3 is 0 Å². The molecule has 3 heterocycles. The molecule has 0 saturated heterocycles. The summed E-state index contributed by atoms with van der Waals surface area (Å²) in [6, 6.07) is 39.2. The van der Waals surface area contributed by atoms with E-state index < -0.39 is 0 Å². The van der Waals surface area contributed by atoms with Gasteiger partial charge < -0.3 is 14.4 Å². The van der Waals surface area contributed by atoms with Crippen LogP contribution in [0, 0.1) is 42.2 Å². The first-order chi connectivity index (χ1) is 28.0. The van der Waals surface area contributed by atoms with Gasteiger partial charge in [0.15, 0.2) is 0 Å². The third-order valence-corrected chi connectivity index (χ3v) is 12.3. The number of furan rings is 1. The molecule has 1 aliphatic carbocycles. The number of fused-ring (bicyclic) bond motifs is 7. The second kappa shape index (κ2) is 17.0. The fraction of sp³-hybridized carbons (Fsp3) is 0.357. The van der Waals surface area contributed by atoms with E-state index in [0.717, 1.165) is 57.3 Å². The van der Waals surface area contributed by atoms with Crippen LogP contribution in [0.4, 0.5) is 0 Å². The molecular formula is C56H60IrN2O-2. The Balaban J connectivity index is 0.000000198. The van der Waals surface area contributed by atoms with E-state index >= 15 is 0 Å². The fourth-order valence-corrected chi connectivity index (χ4v) is 9.10. The van der Waals surface area contributed by atoms with E-state index in [4.69, 9.17) is 14.4 Å². The number of aryl methyl sites for hydroxylation is 2. The molecule has 0 amide bonds. The molecule has 3 nitrogen and oxygen atoms in total. The Morgan fingerprint density at radius 3 is 2.07 bits per heavy atom. The normalized spacial score (nSPS) is 14.6. The van der Waals surface area contributed by atoms with Crippen LogP contribution in [0.2, 0.25) is 0 Å². The van der Waals surface area contributed by atoms with Gasteiger partial charge in [0.25, 0.3) is 0 Å². The van der Waals surface area contributed by atoms with Crippen LogP contribution in [0.1, 0.15) is 115 Å². The average Bonchev–Trinajstić information content (AvgIpc) is 3.58. The molecule has 5 aromatic carbocycles. The van der Waals surface area contributed by atoms with E-state index in [1.165, 1.54) is 75.0 Å². The van der Waals surface area contributed by atoms with E-state index in [0.29, 0.717) is 11.3 Å². The molecule has 1 aliphatic rings. The first-order valence-corrected chi connectivity index (χ1v) is 21.6. The van der Waals surface area contributed by atoms with Crippen LogP contribution in [0.25, 0.3) is 66.0 Å². The van der Waals surface area contributed by atoms with Gasteiger partial charge in [0.05, 0.1) is 5.58 Å². The average molecular weight is 969 g/mol. The van der Waals surface area contributed by atoms with Crippen LogP contribution >= 0.6 is 0 Å². The summed E-state index contributed by atoms with van der Waals surface area (Å²) in [4.78, 5) is 9.60. The molecule has 0 bridgehead atoms. The molecule has 60 heavy (non-hydrogen) atoms. The second-order valence-corrected chi connectivity index (χ2v) is 20.5. The molecule has 4 heteroatoms. The minimum Gasteiger partial charge on any atom is -0.500 e. The first-order valence-electron chi connectivity index (χ1n) is 21.6. The Hall–Kier alpha value is -4.63. The number of benzene rings is 5. The summed E-state index contributed by atoms with van der Waals surface area (Å²) in [5, 5.41) is 7.09. The quantitative estimate of drug-likeness (QED) is 0.127. The number of nitrogens with zero attached hydrogens (tertiary/aromatic N) is 2. The van der Waals surface area contributed by atoms with Crippen molar-refractivity contribution in [2.75, 3.05) is 0 Å². The van der Waals surface area contributed by atoms with Gasteiger partial charge in [0.2, 0.25) is 0 Å². The summed E-state index contributed by atoms with van der Waals surface area (Å²) in [6.07, 6.45) is 11.3. The molecule has 3 aromatic heterocycles. The molecule has 1 saturated carbocycles. The zero-order valence-corrected chi connectivity index (χ0v) is 39.7. The monoisotopic (exact) mass is 969 g/mol. The van der Waals surface area contributed by atoms with Crippen LogP contribution in [-0.2, 0) is 32.9 Å². The van der Waals surface area contributed by atoms with Gasteiger partial charge in [-0.1, -0.05) is 134 Å². The SMILES string of the molecule is Cc1c[c-]c(-c2cc(CC(C)(C)C)c(CC(C)(C)C)cn2)cc1.Cc1cnc(-c2[c-]ccc3c2oc2c3ccc3ccc4ccccc4c32)cc1C1CCC(C)(C)CC1.[Ir]. The summed E-state index contributed by atoms with van der Waals surface area (Å²) < 4.78 is 6.73. The Bertz CT molecular complexity index is 2790. The third kappa shape index (κ3) is 9.46. The maximum Gasteiger partial charge on any atom is 0.129 e. The first kappa shape index (κ1) is 43.5. The molecule has 311 valence electrons. The van der Waals surface area contributed by atoms with E-state index in [2.05, 4.69) is 166 Å². The zero-order chi connectivity index (χ0) is 41.7. The minimum atomic E-state index is 0. The van der Waals surface area contributed by atoms with Crippen molar-refractivity contribution in [3.05, 3.63) is 143 Å². The smallest absolute Gasteiger partial charge is 0.129 e.